The van der Waals surface area contributed by atoms with Crippen LogP contribution in [0.15, 0.2) is 5.16 Å². The van der Waals surface area contributed by atoms with Crippen LogP contribution >= 0.6 is 0 Å². The van der Waals surface area contributed by atoms with Crippen molar-refractivity contribution >= 4 is 11.7 Å². The van der Waals surface area contributed by atoms with Gasteiger partial charge in [-0.05, 0) is 6.42 Å². The molecule has 1 aliphatic heterocycles. The van der Waals surface area contributed by atoms with E-state index in [1.165, 1.54) is 25.7 Å². The van der Waals surface area contributed by atoms with Crippen molar-refractivity contribution in [3.05, 3.63) is 0 Å². The minimum Gasteiger partial charge on any atom is -0.463 e. The normalized spacial score (nSPS) is 25.8. The fourth-order valence-corrected chi connectivity index (χ4v) is 2.77. The number of carbonyl (C=O) groups excluding carboxylic acids is 1. The van der Waals surface area contributed by atoms with Gasteiger partial charge in [-0.25, -0.2) is 0 Å². The average molecular weight is 360 g/mol. The number of oxime groups is 1. The van der Waals surface area contributed by atoms with E-state index in [0.717, 1.165) is 32.1 Å². The lowest BCUT2D eigenvalue weighted by atomic mass is 10.0. The number of aliphatic hydroxyl groups is 2. The third kappa shape index (κ3) is 8.65. The quantitative estimate of drug-likeness (QED) is 0.213. The zero-order valence-corrected chi connectivity index (χ0v) is 14.9. The lowest BCUT2D eigenvalue weighted by Crippen LogP contribution is -2.52. The smallest absolute Gasteiger partial charge is 0.305 e. The highest BCUT2D eigenvalue weighted by Gasteiger charge is 2.37. The van der Waals surface area contributed by atoms with Crippen LogP contribution < -0.4 is 0 Å². The van der Waals surface area contributed by atoms with Gasteiger partial charge in [0.2, 0.25) is 0 Å². The Labute approximate surface area is 151 Å². The number of rotatable bonds is 12. The van der Waals surface area contributed by atoms with Gasteiger partial charge >= 0.3 is 5.97 Å². The summed E-state index contributed by atoms with van der Waals surface area (Å²) in [5, 5.41) is 31.1. The van der Waals surface area contributed by atoms with Crippen molar-refractivity contribution in [3.63, 3.8) is 0 Å². The van der Waals surface area contributed by atoms with Gasteiger partial charge < -0.3 is 24.9 Å². The van der Waals surface area contributed by atoms with E-state index in [4.69, 9.17) is 16.1 Å². The first-order valence-corrected chi connectivity index (χ1v) is 9.23. The topological polar surface area (TPSA) is 109 Å². The summed E-state index contributed by atoms with van der Waals surface area (Å²) in [6.07, 6.45) is 6.73. The number of carbonyl (C=O) groups is 1. The van der Waals surface area contributed by atoms with Crippen molar-refractivity contribution < 1.29 is 31.1 Å². The minimum absolute atomic E-state index is 0.0449. The molecule has 0 bridgehead atoms. The molecule has 7 heteroatoms. The number of aliphatic hydroxyl groups excluding tert-OH is 2. The molecule has 3 N–H and O–H groups in total. The summed E-state index contributed by atoms with van der Waals surface area (Å²) < 4.78 is 17.4. The lowest BCUT2D eigenvalue weighted by Gasteiger charge is -2.31. The molecule has 1 rings (SSSR count). The summed E-state index contributed by atoms with van der Waals surface area (Å²) in [5.74, 6) is -0.340. The van der Waals surface area contributed by atoms with E-state index in [1.54, 1.807) is 0 Å². The second kappa shape index (κ2) is 13.1. The summed E-state index contributed by atoms with van der Waals surface area (Å²) in [6.45, 7) is 0.286. The number of esters is 1. The van der Waals surface area contributed by atoms with Crippen LogP contribution in [0, 0.1) is 0 Å². The van der Waals surface area contributed by atoms with Gasteiger partial charge in [-0.2, -0.15) is 0 Å². The Morgan fingerprint density at radius 1 is 1.20 bits per heavy atom. The third-order valence-corrected chi connectivity index (χ3v) is 4.41. The second-order valence-corrected chi connectivity index (χ2v) is 6.49. The maximum absolute atomic E-state index is 11.7. The molecule has 1 aliphatic rings. The van der Waals surface area contributed by atoms with Crippen molar-refractivity contribution in [2.45, 2.75) is 89.4 Å². The molecule has 0 aliphatic carbocycles. The van der Waals surface area contributed by atoms with Gasteiger partial charge in [-0.1, -0.05) is 63.4 Å². The van der Waals surface area contributed by atoms with Gasteiger partial charge in [0.15, 0.2) is 0 Å². The van der Waals surface area contributed by atoms with Gasteiger partial charge in [-0.3, -0.25) is 4.79 Å². The zero-order chi connectivity index (χ0) is 19.2. The largest absolute Gasteiger partial charge is 0.463 e. The van der Waals surface area contributed by atoms with Gasteiger partial charge in [0.25, 0.3) is 0 Å². The second-order valence-electron chi connectivity index (χ2n) is 6.49. The molecule has 0 saturated carbocycles. The number of hydrogen-bond donors (Lipinski definition) is 3. The van der Waals surface area contributed by atoms with Crippen molar-refractivity contribution in [2.24, 2.45) is 5.16 Å². The molecule has 0 aromatic rings. The van der Waals surface area contributed by atoms with Gasteiger partial charge in [0.1, 0.15) is 30.6 Å². The molecule has 0 aromatic carbocycles. The van der Waals surface area contributed by atoms with E-state index < -0.39 is 18.3 Å². The average Bonchev–Trinajstić information content (AvgIpc) is 2.64. The Morgan fingerprint density at radius 2 is 1.84 bits per heavy atom. The highest BCUT2D eigenvalue weighted by Crippen LogP contribution is 2.15. The first-order valence-electron chi connectivity index (χ1n) is 9.94. The highest BCUT2D eigenvalue weighted by atomic mass is 16.6. The molecule has 146 valence electrons. The van der Waals surface area contributed by atoms with Gasteiger partial charge in [0.05, 0.1) is 6.61 Å². The van der Waals surface area contributed by atoms with Crippen LogP contribution in [-0.2, 0) is 14.3 Å². The predicted molar refractivity (Wildman–Crippen MR) is 93.8 cm³/mol. The Bertz CT molecular complexity index is 420. The SMILES string of the molecule is [2H]CCCCCCCCCCCC(=O)OC[C@H]1OCC(=NO)[C@@H](O)[C@@H]1O. The molecular formula is C18H33NO6. The van der Waals surface area contributed by atoms with Crippen molar-refractivity contribution in [3.8, 4) is 0 Å². The fraction of sp³-hybridized carbons (Fsp3) is 0.889. The molecular weight excluding hydrogens is 326 g/mol. The molecule has 1 saturated heterocycles. The predicted octanol–water partition coefficient (Wildman–Crippen LogP) is 2.40. The molecule has 1 heterocycles. The third-order valence-electron chi connectivity index (χ3n) is 4.41. The Kier molecular flexibility index (Phi) is 10.5. The van der Waals surface area contributed by atoms with Crippen molar-refractivity contribution in [1.29, 1.82) is 0 Å². The van der Waals surface area contributed by atoms with Crippen LogP contribution in [0.5, 0.6) is 0 Å². The van der Waals surface area contributed by atoms with Crippen molar-refractivity contribution in [1.82, 2.24) is 0 Å². The van der Waals surface area contributed by atoms with E-state index in [0.29, 0.717) is 13.3 Å². The monoisotopic (exact) mass is 360 g/mol. The molecule has 3 atom stereocenters. The molecule has 1 fully saturated rings. The minimum atomic E-state index is -1.32. The Hall–Kier alpha value is -1.18. The standard InChI is InChI=1S/C18H33NO6/c1-2-3-4-5-6-7-8-9-10-11-16(20)25-13-15-18(22)17(21)14(19-23)12-24-15/h15,17-18,21-23H,2-13H2,1H3/t15-,17-,18-/m1/s1/i1D. The number of unbranched alkanes of at least 4 members (excludes halogenated alkanes) is 8. The van der Waals surface area contributed by atoms with Crippen LogP contribution in [-0.4, -0.2) is 58.6 Å². The van der Waals surface area contributed by atoms with E-state index in [-0.39, 0.29) is 24.9 Å². The van der Waals surface area contributed by atoms with Gasteiger partial charge in [-0.15, -0.1) is 0 Å². The highest BCUT2D eigenvalue weighted by molar-refractivity contribution is 5.90. The molecule has 25 heavy (non-hydrogen) atoms. The molecule has 0 radical (unpaired) electrons. The first kappa shape index (κ1) is 20.1. The van der Waals surface area contributed by atoms with E-state index >= 15 is 0 Å². The summed E-state index contributed by atoms with van der Waals surface area (Å²) in [7, 11) is 0. The van der Waals surface area contributed by atoms with Crippen LogP contribution in [0.25, 0.3) is 0 Å². The number of nitrogens with zero attached hydrogens (tertiary/aromatic N) is 1. The summed E-state index contributed by atoms with van der Waals surface area (Å²) in [6, 6.07) is 0. The molecule has 0 aromatic heterocycles. The fourth-order valence-electron chi connectivity index (χ4n) is 2.77. The molecule has 7 nitrogen and oxygen atoms in total. The number of hydrogen-bond acceptors (Lipinski definition) is 7. The summed E-state index contributed by atoms with van der Waals surface area (Å²) in [5.41, 5.74) is -0.0449. The van der Waals surface area contributed by atoms with E-state index in [1.807, 2.05) is 0 Å². The van der Waals surface area contributed by atoms with Crippen molar-refractivity contribution in [2.75, 3.05) is 13.2 Å². The molecule has 0 amide bonds. The summed E-state index contributed by atoms with van der Waals surface area (Å²) in [4.78, 5) is 11.7. The first-order chi connectivity index (χ1) is 12.6. The molecule has 0 unspecified atom stereocenters. The van der Waals surface area contributed by atoms with E-state index in [2.05, 4.69) is 5.16 Å². The lowest BCUT2D eigenvalue weighted by molar-refractivity contribution is -0.155. The van der Waals surface area contributed by atoms with E-state index in [9.17, 15) is 15.0 Å². The van der Waals surface area contributed by atoms with Crippen LogP contribution in [0.1, 0.15) is 72.5 Å². The summed E-state index contributed by atoms with van der Waals surface area (Å²) >= 11 is 0. The van der Waals surface area contributed by atoms with Gasteiger partial charge in [0, 0.05) is 7.79 Å². The number of ether oxygens (including phenoxy) is 2. The maximum atomic E-state index is 11.7. The maximum Gasteiger partial charge on any atom is 0.305 e. The van der Waals surface area contributed by atoms with Crippen LogP contribution in [0.2, 0.25) is 0 Å². The Morgan fingerprint density at radius 3 is 2.48 bits per heavy atom. The Balaban J connectivity index is 2.00. The van der Waals surface area contributed by atoms with Crippen LogP contribution in [0.4, 0.5) is 0 Å². The zero-order valence-electron chi connectivity index (χ0n) is 15.9. The van der Waals surface area contributed by atoms with Crippen LogP contribution in [0.3, 0.4) is 0 Å². The molecule has 0 spiro atoms.